The monoisotopic (exact) mass is 341 g/mol. The van der Waals surface area contributed by atoms with Crippen molar-refractivity contribution in [3.05, 3.63) is 46.1 Å². The molecular formula is C17H21Cl2NO2. The summed E-state index contributed by atoms with van der Waals surface area (Å²) in [6, 6.07) is 9.28. The summed E-state index contributed by atoms with van der Waals surface area (Å²) in [4.78, 5) is 0. The van der Waals surface area contributed by atoms with E-state index in [-0.39, 0.29) is 6.10 Å². The van der Waals surface area contributed by atoms with E-state index in [9.17, 15) is 0 Å². The fraction of sp³-hybridized carbons (Fsp3) is 0.412. The predicted octanol–water partition coefficient (Wildman–Crippen LogP) is 5.16. The van der Waals surface area contributed by atoms with Crippen LogP contribution in [0, 0.1) is 0 Å². The fourth-order valence-electron chi connectivity index (χ4n) is 2.05. The Hall–Kier alpha value is -1.00. The molecule has 0 saturated heterocycles. The number of hydrogen-bond donors (Lipinski definition) is 1. The lowest BCUT2D eigenvalue weighted by atomic mass is 10.2. The number of rotatable bonds is 8. The molecule has 5 heteroatoms. The van der Waals surface area contributed by atoms with Gasteiger partial charge in [0.05, 0.1) is 12.6 Å². The van der Waals surface area contributed by atoms with E-state index in [1.165, 1.54) is 0 Å². The lowest BCUT2D eigenvalue weighted by Crippen LogP contribution is -2.17. The van der Waals surface area contributed by atoms with Crippen LogP contribution >= 0.6 is 23.2 Å². The molecule has 0 aliphatic rings. The van der Waals surface area contributed by atoms with Gasteiger partial charge in [-0.15, -0.1) is 0 Å². The molecule has 0 bridgehead atoms. The molecule has 0 aliphatic heterocycles. The van der Waals surface area contributed by atoms with Gasteiger partial charge in [0.2, 0.25) is 0 Å². The first-order chi connectivity index (χ1) is 10.5. The molecule has 1 aromatic carbocycles. The van der Waals surface area contributed by atoms with Crippen molar-refractivity contribution in [3.63, 3.8) is 0 Å². The third-order valence-electron chi connectivity index (χ3n) is 3.06. The SMILES string of the molecule is CC(C)OCCCNCc1ccc(-c2cc(Cl)cc(Cl)c2)o1. The summed E-state index contributed by atoms with van der Waals surface area (Å²) in [7, 11) is 0. The second kappa shape index (κ2) is 8.59. The van der Waals surface area contributed by atoms with Gasteiger partial charge in [-0.3, -0.25) is 0 Å². The molecule has 0 aliphatic carbocycles. The second-order valence-corrected chi connectivity index (χ2v) is 6.25. The van der Waals surface area contributed by atoms with Gasteiger partial charge in [-0.05, 0) is 57.1 Å². The summed E-state index contributed by atoms with van der Waals surface area (Å²) >= 11 is 12.0. The molecular weight excluding hydrogens is 321 g/mol. The van der Waals surface area contributed by atoms with Gasteiger partial charge >= 0.3 is 0 Å². The standard InChI is InChI=1S/C17H21Cl2NO2/c1-12(2)21-7-3-6-20-11-16-4-5-17(22-16)13-8-14(18)10-15(19)9-13/h4-5,8-10,12,20H,3,6-7,11H2,1-2H3. The van der Waals surface area contributed by atoms with Crippen molar-refractivity contribution in [2.75, 3.05) is 13.2 Å². The van der Waals surface area contributed by atoms with Crippen LogP contribution in [0.1, 0.15) is 26.0 Å². The zero-order chi connectivity index (χ0) is 15.9. The zero-order valence-electron chi connectivity index (χ0n) is 12.9. The van der Waals surface area contributed by atoms with Crippen LogP contribution in [0.25, 0.3) is 11.3 Å². The number of hydrogen-bond acceptors (Lipinski definition) is 3. The number of benzene rings is 1. The molecule has 22 heavy (non-hydrogen) atoms. The first-order valence-corrected chi connectivity index (χ1v) is 8.17. The van der Waals surface area contributed by atoms with E-state index < -0.39 is 0 Å². The lowest BCUT2D eigenvalue weighted by Gasteiger charge is -2.07. The van der Waals surface area contributed by atoms with Crippen LogP contribution < -0.4 is 5.32 Å². The maximum atomic E-state index is 6.01. The molecule has 0 radical (unpaired) electrons. The normalized spacial score (nSPS) is 11.3. The molecule has 1 heterocycles. The fourth-order valence-corrected chi connectivity index (χ4v) is 2.58. The highest BCUT2D eigenvalue weighted by atomic mass is 35.5. The van der Waals surface area contributed by atoms with E-state index >= 15 is 0 Å². The predicted molar refractivity (Wildman–Crippen MR) is 91.6 cm³/mol. The molecule has 0 fully saturated rings. The molecule has 0 unspecified atom stereocenters. The van der Waals surface area contributed by atoms with Crippen molar-refractivity contribution < 1.29 is 9.15 Å². The van der Waals surface area contributed by atoms with E-state index in [0.717, 1.165) is 36.7 Å². The van der Waals surface area contributed by atoms with Gasteiger partial charge in [0.25, 0.3) is 0 Å². The summed E-state index contributed by atoms with van der Waals surface area (Å²) in [5.41, 5.74) is 0.883. The molecule has 0 spiro atoms. The van der Waals surface area contributed by atoms with Gasteiger partial charge in [0.15, 0.2) is 0 Å². The van der Waals surface area contributed by atoms with Gasteiger partial charge in [0.1, 0.15) is 11.5 Å². The van der Waals surface area contributed by atoms with Crippen molar-refractivity contribution in [2.45, 2.75) is 32.9 Å². The highest BCUT2D eigenvalue weighted by Crippen LogP contribution is 2.28. The average molecular weight is 342 g/mol. The Kier molecular flexibility index (Phi) is 6.77. The average Bonchev–Trinajstić information content (AvgIpc) is 2.90. The van der Waals surface area contributed by atoms with Crippen LogP contribution in [0.15, 0.2) is 34.7 Å². The maximum Gasteiger partial charge on any atom is 0.134 e. The molecule has 0 amide bonds. The first kappa shape index (κ1) is 17.4. The topological polar surface area (TPSA) is 34.4 Å². The van der Waals surface area contributed by atoms with E-state index in [1.54, 1.807) is 6.07 Å². The minimum absolute atomic E-state index is 0.289. The summed E-state index contributed by atoms with van der Waals surface area (Å²) in [5.74, 6) is 1.65. The second-order valence-electron chi connectivity index (χ2n) is 5.37. The molecule has 2 aromatic rings. The molecule has 1 N–H and O–H groups in total. The minimum Gasteiger partial charge on any atom is -0.460 e. The summed E-state index contributed by atoms with van der Waals surface area (Å²) in [5, 5.41) is 4.54. The van der Waals surface area contributed by atoms with Gasteiger partial charge < -0.3 is 14.5 Å². The Labute approximate surface area is 141 Å². The smallest absolute Gasteiger partial charge is 0.134 e. The van der Waals surface area contributed by atoms with E-state index in [4.69, 9.17) is 32.4 Å². The Morgan fingerprint density at radius 2 is 1.86 bits per heavy atom. The third kappa shape index (κ3) is 5.65. The third-order valence-corrected chi connectivity index (χ3v) is 3.49. The number of nitrogens with one attached hydrogen (secondary N) is 1. The number of ether oxygens (including phenoxy) is 1. The van der Waals surface area contributed by atoms with Crippen molar-refractivity contribution in [2.24, 2.45) is 0 Å². The van der Waals surface area contributed by atoms with Crippen LogP contribution in [0.5, 0.6) is 0 Å². The van der Waals surface area contributed by atoms with E-state index in [0.29, 0.717) is 16.6 Å². The van der Waals surface area contributed by atoms with Crippen molar-refractivity contribution >= 4 is 23.2 Å². The first-order valence-electron chi connectivity index (χ1n) is 7.42. The molecule has 3 nitrogen and oxygen atoms in total. The number of furan rings is 1. The van der Waals surface area contributed by atoms with Gasteiger partial charge in [-0.1, -0.05) is 23.2 Å². The van der Waals surface area contributed by atoms with E-state index in [2.05, 4.69) is 5.32 Å². The lowest BCUT2D eigenvalue weighted by molar-refractivity contribution is 0.0770. The quantitative estimate of drug-likeness (QED) is 0.673. The maximum absolute atomic E-state index is 6.01. The molecule has 120 valence electrons. The van der Waals surface area contributed by atoms with Crippen LogP contribution in [0.2, 0.25) is 10.0 Å². The van der Waals surface area contributed by atoms with Gasteiger partial charge in [-0.25, -0.2) is 0 Å². The zero-order valence-corrected chi connectivity index (χ0v) is 14.4. The minimum atomic E-state index is 0.289. The van der Waals surface area contributed by atoms with Gasteiger partial charge in [-0.2, -0.15) is 0 Å². The molecule has 0 atom stereocenters. The summed E-state index contributed by atoms with van der Waals surface area (Å²) in [6.07, 6.45) is 1.27. The molecule has 0 saturated carbocycles. The summed E-state index contributed by atoms with van der Waals surface area (Å²) in [6.45, 7) is 6.44. The van der Waals surface area contributed by atoms with Crippen LogP contribution in [-0.2, 0) is 11.3 Å². The largest absolute Gasteiger partial charge is 0.460 e. The number of halogens is 2. The van der Waals surface area contributed by atoms with Crippen LogP contribution in [0.3, 0.4) is 0 Å². The van der Waals surface area contributed by atoms with Crippen molar-refractivity contribution in [3.8, 4) is 11.3 Å². The Morgan fingerprint density at radius 1 is 1.14 bits per heavy atom. The van der Waals surface area contributed by atoms with Crippen LogP contribution in [0.4, 0.5) is 0 Å². The van der Waals surface area contributed by atoms with Crippen molar-refractivity contribution in [1.82, 2.24) is 5.32 Å². The van der Waals surface area contributed by atoms with E-state index in [1.807, 2.05) is 38.1 Å². The summed E-state index contributed by atoms with van der Waals surface area (Å²) < 4.78 is 11.3. The van der Waals surface area contributed by atoms with Crippen molar-refractivity contribution in [1.29, 1.82) is 0 Å². The highest BCUT2D eigenvalue weighted by Gasteiger charge is 2.07. The Bertz CT molecular complexity index is 576. The Morgan fingerprint density at radius 3 is 2.55 bits per heavy atom. The molecule has 2 rings (SSSR count). The van der Waals surface area contributed by atoms with Gasteiger partial charge in [0, 0.05) is 22.2 Å². The van der Waals surface area contributed by atoms with Crippen LogP contribution in [-0.4, -0.2) is 19.3 Å². The Balaban J connectivity index is 1.81. The molecule has 1 aromatic heterocycles. The highest BCUT2D eigenvalue weighted by molar-refractivity contribution is 6.35.